The second-order valence-corrected chi connectivity index (χ2v) is 7.21. The number of aromatic nitrogens is 4. The summed E-state index contributed by atoms with van der Waals surface area (Å²) < 4.78 is 2.86. The van der Waals surface area contributed by atoms with Gasteiger partial charge in [0.25, 0.3) is 0 Å². The summed E-state index contributed by atoms with van der Waals surface area (Å²) >= 11 is 1.62. The Labute approximate surface area is 152 Å². The molecular weight excluding hydrogens is 344 g/mol. The van der Waals surface area contributed by atoms with Gasteiger partial charge in [-0.1, -0.05) is 12.1 Å². The monoisotopic (exact) mass is 356 g/mol. The minimum atomic E-state index is 0.346. The molecule has 3 heterocycles. The SMILES string of the molecule is Cc1nc2ccc(-n3c(N)c(C#N)c4nc5ccccc5nc43)cc2s1. The predicted molar refractivity (Wildman–Crippen MR) is 103 cm³/mol. The third kappa shape index (κ3) is 2.00. The van der Waals surface area contributed by atoms with E-state index in [0.717, 1.165) is 31.9 Å². The molecule has 0 bridgehead atoms. The second kappa shape index (κ2) is 5.25. The zero-order valence-corrected chi connectivity index (χ0v) is 14.6. The van der Waals surface area contributed by atoms with E-state index in [2.05, 4.69) is 16.0 Å². The van der Waals surface area contributed by atoms with Crippen LogP contribution in [0.1, 0.15) is 10.6 Å². The number of hydrogen-bond acceptors (Lipinski definition) is 6. The highest BCUT2D eigenvalue weighted by Crippen LogP contribution is 2.32. The lowest BCUT2D eigenvalue weighted by atomic mass is 10.2. The second-order valence-electron chi connectivity index (χ2n) is 5.98. The van der Waals surface area contributed by atoms with Crippen molar-refractivity contribution >= 4 is 49.6 Å². The Kier molecular flexibility index (Phi) is 2.99. The third-order valence-corrected chi connectivity index (χ3v) is 5.28. The Morgan fingerprint density at radius 1 is 1.04 bits per heavy atom. The van der Waals surface area contributed by atoms with Crippen LogP contribution >= 0.6 is 11.3 Å². The highest BCUT2D eigenvalue weighted by atomic mass is 32.1. The first-order valence-electron chi connectivity index (χ1n) is 8.00. The third-order valence-electron chi connectivity index (χ3n) is 4.35. The number of benzene rings is 2. The standard InChI is InChI=1S/C19H12N6S/c1-10-22-15-7-6-11(8-16(15)26-10)25-18(21)12(9-20)17-19(25)24-14-5-3-2-4-13(14)23-17/h2-8H,21H2,1H3. The Hall–Kier alpha value is -3.50. The highest BCUT2D eigenvalue weighted by Gasteiger charge is 2.20. The first kappa shape index (κ1) is 14.8. The number of anilines is 1. The molecule has 0 aliphatic carbocycles. The minimum Gasteiger partial charge on any atom is -0.384 e. The maximum Gasteiger partial charge on any atom is 0.167 e. The van der Waals surface area contributed by atoms with E-state index in [4.69, 9.17) is 10.7 Å². The van der Waals surface area contributed by atoms with E-state index in [-0.39, 0.29) is 0 Å². The van der Waals surface area contributed by atoms with Crippen LogP contribution in [0.2, 0.25) is 0 Å². The molecule has 0 unspecified atom stereocenters. The van der Waals surface area contributed by atoms with Crippen molar-refractivity contribution in [1.82, 2.24) is 19.5 Å². The summed E-state index contributed by atoms with van der Waals surface area (Å²) in [7, 11) is 0. The Morgan fingerprint density at radius 3 is 2.58 bits per heavy atom. The van der Waals surface area contributed by atoms with Crippen LogP contribution in [0.5, 0.6) is 0 Å². The fourth-order valence-electron chi connectivity index (χ4n) is 3.20. The molecule has 2 N–H and O–H groups in total. The van der Waals surface area contributed by atoms with Crippen LogP contribution in [-0.2, 0) is 0 Å². The van der Waals surface area contributed by atoms with Gasteiger partial charge in [-0.15, -0.1) is 11.3 Å². The molecule has 5 aromatic rings. The van der Waals surface area contributed by atoms with E-state index in [1.165, 1.54) is 0 Å². The zero-order chi connectivity index (χ0) is 17.8. The summed E-state index contributed by atoms with van der Waals surface area (Å²) in [5, 5.41) is 10.6. The average Bonchev–Trinajstić information content (AvgIpc) is 3.14. The Morgan fingerprint density at radius 2 is 1.81 bits per heavy atom. The number of nitrogens with two attached hydrogens (primary N) is 1. The largest absolute Gasteiger partial charge is 0.384 e. The number of nitrogens with zero attached hydrogens (tertiary/aromatic N) is 5. The summed E-state index contributed by atoms with van der Waals surface area (Å²) in [6, 6.07) is 15.7. The summed E-state index contributed by atoms with van der Waals surface area (Å²) in [6.45, 7) is 1.98. The van der Waals surface area contributed by atoms with Gasteiger partial charge in [0, 0.05) is 0 Å². The zero-order valence-electron chi connectivity index (χ0n) is 13.8. The topological polar surface area (TPSA) is 93.4 Å². The lowest BCUT2D eigenvalue weighted by molar-refractivity contribution is 1.11. The Bertz CT molecular complexity index is 1370. The van der Waals surface area contributed by atoms with E-state index in [0.29, 0.717) is 22.5 Å². The quantitative estimate of drug-likeness (QED) is 0.491. The number of para-hydroxylation sites is 2. The molecule has 0 radical (unpaired) electrons. The Balaban J connectivity index is 1.89. The van der Waals surface area contributed by atoms with Crippen LogP contribution in [0.4, 0.5) is 5.82 Å². The molecule has 0 atom stereocenters. The minimum absolute atomic E-state index is 0.346. The molecule has 5 rings (SSSR count). The summed E-state index contributed by atoms with van der Waals surface area (Å²) in [6.07, 6.45) is 0. The van der Waals surface area contributed by atoms with E-state index in [9.17, 15) is 5.26 Å². The molecule has 3 aromatic heterocycles. The van der Waals surface area contributed by atoms with Gasteiger partial charge >= 0.3 is 0 Å². The van der Waals surface area contributed by atoms with Crippen molar-refractivity contribution in [3.63, 3.8) is 0 Å². The molecule has 0 saturated heterocycles. The maximum absolute atomic E-state index is 9.60. The molecule has 0 fully saturated rings. The number of nitrogen functional groups attached to an aromatic ring is 1. The normalized spacial score (nSPS) is 11.4. The van der Waals surface area contributed by atoms with Gasteiger partial charge in [0.15, 0.2) is 5.65 Å². The van der Waals surface area contributed by atoms with Crippen molar-refractivity contribution in [3.8, 4) is 11.8 Å². The van der Waals surface area contributed by atoms with Crippen LogP contribution in [0.25, 0.3) is 38.1 Å². The van der Waals surface area contributed by atoms with Crippen LogP contribution in [0.3, 0.4) is 0 Å². The smallest absolute Gasteiger partial charge is 0.167 e. The van der Waals surface area contributed by atoms with Gasteiger partial charge in [-0.25, -0.2) is 15.0 Å². The van der Waals surface area contributed by atoms with Gasteiger partial charge < -0.3 is 5.73 Å². The van der Waals surface area contributed by atoms with Gasteiger partial charge in [-0.05, 0) is 37.3 Å². The van der Waals surface area contributed by atoms with Gasteiger partial charge in [-0.3, -0.25) is 4.57 Å². The van der Waals surface area contributed by atoms with Gasteiger partial charge in [-0.2, -0.15) is 5.26 Å². The van der Waals surface area contributed by atoms with Gasteiger partial charge in [0.1, 0.15) is 23.0 Å². The van der Waals surface area contributed by atoms with Crippen LogP contribution < -0.4 is 5.73 Å². The van der Waals surface area contributed by atoms with Crippen molar-refractivity contribution in [3.05, 3.63) is 53.0 Å². The van der Waals surface area contributed by atoms with E-state index >= 15 is 0 Å². The van der Waals surface area contributed by atoms with Crippen molar-refractivity contribution in [2.24, 2.45) is 0 Å². The highest BCUT2D eigenvalue weighted by molar-refractivity contribution is 7.18. The number of aryl methyl sites for hydroxylation is 1. The van der Waals surface area contributed by atoms with Crippen LogP contribution in [-0.4, -0.2) is 19.5 Å². The molecule has 0 saturated carbocycles. The molecule has 26 heavy (non-hydrogen) atoms. The van der Waals surface area contributed by atoms with Crippen molar-refractivity contribution in [2.75, 3.05) is 5.73 Å². The van der Waals surface area contributed by atoms with Crippen LogP contribution in [0, 0.1) is 18.3 Å². The summed E-state index contributed by atoms with van der Waals surface area (Å²) in [5.74, 6) is 0.346. The maximum atomic E-state index is 9.60. The number of hydrogen-bond donors (Lipinski definition) is 1. The summed E-state index contributed by atoms with van der Waals surface area (Å²) in [5.41, 5.74) is 11.1. The van der Waals surface area contributed by atoms with Gasteiger partial charge in [0.2, 0.25) is 0 Å². The number of rotatable bonds is 1. The molecular formula is C19H12N6S. The van der Waals surface area contributed by atoms with Crippen molar-refractivity contribution < 1.29 is 0 Å². The molecule has 0 spiro atoms. The molecule has 2 aromatic carbocycles. The first-order chi connectivity index (χ1) is 12.7. The van der Waals surface area contributed by atoms with E-state index in [1.807, 2.05) is 49.4 Å². The molecule has 0 amide bonds. The first-order valence-corrected chi connectivity index (χ1v) is 8.81. The number of thiazole rings is 1. The number of fused-ring (bicyclic) bond motifs is 3. The molecule has 124 valence electrons. The lowest BCUT2D eigenvalue weighted by Gasteiger charge is -2.07. The van der Waals surface area contributed by atoms with E-state index < -0.39 is 0 Å². The van der Waals surface area contributed by atoms with Crippen LogP contribution in [0.15, 0.2) is 42.5 Å². The molecule has 0 aliphatic heterocycles. The molecule has 0 aliphatic rings. The molecule has 6 nitrogen and oxygen atoms in total. The van der Waals surface area contributed by atoms with E-state index in [1.54, 1.807) is 15.9 Å². The summed E-state index contributed by atoms with van der Waals surface area (Å²) in [4.78, 5) is 13.8. The lowest BCUT2D eigenvalue weighted by Crippen LogP contribution is -2.01. The van der Waals surface area contributed by atoms with Crippen molar-refractivity contribution in [1.29, 1.82) is 5.26 Å². The average molecular weight is 356 g/mol. The fourth-order valence-corrected chi connectivity index (χ4v) is 4.06. The van der Waals surface area contributed by atoms with Gasteiger partial charge in [0.05, 0.1) is 31.9 Å². The number of nitriles is 1. The van der Waals surface area contributed by atoms with Crippen molar-refractivity contribution in [2.45, 2.75) is 6.92 Å². The fraction of sp³-hybridized carbons (Fsp3) is 0.0526. The molecule has 7 heteroatoms. The predicted octanol–water partition coefficient (Wildman–Crippen LogP) is 3.95.